The van der Waals surface area contributed by atoms with Crippen molar-refractivity contribution in [2.75, 3.05) is 31.1 Å². The van der Waals surface area contributed by atoms with Crippen LogP contribution in [0.25, 0.3) is 0 Å². The molecule has 0 amide bonds. The van der Waals surface area contributed by atoms with E-state index in [2.05, 4.69) is 24.1 Å². The van der Waals surface area contributed by atoms with Crippen LogP contribution in [0.1, 0.15) is 28.5 Å². The number of piperazine rings is 1. The highest BCUT2D eigenvalue weighted by Crippen LogP contribution is 2.32. The second kappa shape index (κ2) is 7.38. The first-order valence-electron chi connectivity index (χ1n) is 8.59. The van der Waals surface area contributed by atoms with E-state index in [1.807, 2.05) is 4.90 Å². The average Bonchev–Trinajstić information content (AvgIpc) is 2.94. The van der Waals surface area contributed by atoms with E-state index >= 15 is 0 Å². The fourth-order valence-corrected chi connectivity index (χ4v) is 4.37. The summed E-state index contributed by atoms with van der Waals surface area (Å²) in [5.41, 5.74) is 2.94. The molecule has 136 valence electrons. The van der Waals surface area contributed by atoms with Gasteiger partial charge in [-0.15, -0.1) is 11.3 Å². The minimum atomic E-state index is -4.29. The number of aryl methyl sites for hydroxylation is 1. The molecule has 1 aromatic heterocycles. The number of rotatable bonds is 4. The summed E-state index contributed by atoms with van der Waals surface area (Å²) in [5.74, 6) is 0. The number of hydrogen-bond donors (Lipinski definition) is 0. The second-order valence-corrected chi connectivity index (χ2v) is 7.54. The molecule has 0 bridgehead atoms. The van der Waals surface area contributed by atoms with Gasteiger partial charge in [0.25, 0.3) is 0 Å². The van der Waals surface area contributed by atoms with Crippen LogP contribution in [-0.4, -0.2) is 31.1 Å². The van der Waals surface area contributed by atoms with Crippen LogP contribution in [0.5, 0.6) is 0 Å². The van der Waals surface area contributed by atoms with Gasteiger partial charge in [0, 0.05) is 43.3 Å². The summed E-state index contributed by atoms with van der Waals surface area (Å²) in [6, 6.07) is 5.65. The molecule has 3 rings (SSSR count). The zero-order valence-corrected chi connectivity index (χ0v) is 15.4. The zero-order valence-electron chi connectivity index (χ0n) is 14.6. The first kappa shape index (κ1) is 18.3. The Kier molecular flexibility index (Phi) is 5.39. The number of anilines is 1. The van der Waals surface area contributed by atoms with Gasteiger partial charge in [-0.25, -0.2) is 0 Å². The Balaban J connectivity index is 1.62. The lowest BCUT2D eigenvalue weighted by atomic mass is 10.1. The Morgan fingerprint density at radius 3 is 2.48 bits per heavy atom. The third-order valence-corrected chi connectivity index (χ3v) is 5.85. The summed E-state index contributed by atoms with van der Waals surface area (Å²) >= 11 is 1.80. The molecule has 2 heterocycles. The van der Waals surface area contributed by atoms with Gasteiger partial charge in [0.1, 0.15) is 0 Å². The van der Waals surface area contributed by atoms with Crippen LogP contribution >= 0.6 is 11.3 Å². The first-order valence-corrected chi connectivity index (χ1v) is 9.47. The van der Waals surface area contributed by atoms with E-state index in [0.29, 0.717) is 5.69 Å². The second-order valence-electron chi connectivity index (χ2n) is 6.46. The van der Waals surface area contributed by atoms with Gasteiger partial charge in [0.2, 0.25) is 0 Å². The van der Waals surface area contributed by atoms with Gasteiger partial charge in [0.15, 0.2) is 0 Å². The number of benzene rings is 1. The van der Waals surface area contributed by atoms with Crippen molar-refractivity contribution in [1.82, 2.24) is 4.90 Å². The Labute approximate surface area is 150 Å². The summed E-state index contributed by atoms with van der Waals surface area (Å²) in [5, 5.41) is 2.24. The van der Waals surface area contributed by atoms with Crippen LogP contribution in [0, 0.1) is 6.92 Å². The summed E-state index contributed by atoms with van der Waals surface area (Å²) in [7, 11) is 0. The summed E-state index contributed by atoms with van der Waals surface area (Å²) in [6.07, 6.45) is -3.24. The minimum Gasteiger partial charge on any atom is -0.369 e. The standard InChI is InChI=1S/C19H23F3N2S/c1-3-18-14(2)25-13-15(18)12-23-7-9-24(10-8-23)17-6-4-5-16(11-17)19(20,21)22/h4-6,11,13H,3,7-10,12H2,1-2H3. The summed E-state index contributed by atoms with van der Waals surface area (Å²) < 4.78 is 38.7. The molecule has 0 unspecified atom stereocenters. The molecule has 0 saturated carbocycles. The topological polar surface area (TPSA) is 6.48 Å². The molecule has 1 saturated heterocycles. The molecule has 0 aliphatic carbocycles. The van der Waals surface area contributed by atoms with Gasteiger partial charge in [-0.3, -0.25) is 4.90 Å². The van der Waals surface area contributed by atoms with Crippen molar-refractivity contribution in [3.8, 4) is 0 Å². The largest absolute Gasteiger partial charge is 0.416 e. The predicted octanol–water partition coefficient (Wildman–Crippen LogP) is 4.96. The molecule has 2 nitrogen and oxygen atoms in total. The average molecular weight is 368 g/mol. The Morgan fingerprint density at radius 1 is 1.12 bits per heavy atom. The SMILES string of the molecule is CCc1c(CN2CCN(c3cccc(C(F)(F)F)c3)CC2)csc1C. The molecule has 1 aliphatic heterocycles. The van der Waals surface area contributed by atoms with Crippen molar-refractivity contribution in [1.29, 1.82) is 0 Å². The molecule has 1 aliphatic rings. The lowest BCUT2D eigenvalue weighted by Crippen LogP contribution is -2.46. The van der Waals surface area contributed by atoms with E-state index in [4.69, 9.17) is 0 Å². The normalized spacial score (nSPS) is 16.4. The molecule has 0 atom stereocenters. The summed E-state index contributed by atoms with van der Waals surface area (Å²) in [6.45, 7) is 8.53. The monoisotopic (exact) mass is 368 g/mol. The van der Waals surface area contributed by atoms with Crippen molar-refractivity contribution in [3.05, 3.63) is 51.2 Å². The van der Waals surface area contributed by atoms with Gasteiger partial charge >= 0.3 is 6.18 Å². The van der Waals surface area contributed by atoms with E-state index in [9.17, 15) is 13.2 Å². The van der Waals surface area contributed by atoms with Gasteiger partial charge in [-0.05, 0) is 48.1 Å². The fourth-order valence-electron chi connectivity index (χ4n) is 3.42. The smallest absolute Gasteiger partial charge is 0.369 e. The molecular formula is C19H23F3N2S. The van der Waals surface area contributed by atoms with Crippen molar-refractivity contribution >= 4 is 17.0 Å². The Bertz CT molecular complexity index is 716. The molecule has 1 aromatic carbocycles. The third-order valence-electron chi connectivity index (χ3n) is 4.85. The number of halogens is 3. The fraction of sp³-hybridized carbons (Fsp3) is 0.474. The molecule has 25 heavy (non-hydrogen) atoms. The number of nitrogens with zero attached hydrogens (tertiary/aromatic N) is 2. The van der Waals surface area contributed by atoms with Crippen molar-refractivity contribution in [2.24, 2.45) is 0 Å². The van der Waals surface area contributed by atoms with Crippen LogP contribution in [0.4, 0.5) is 18.9 Å². The van der Waals surface area contributed by atoms with Gasteiger partial charge in [0.05, 0.1) is 5.56 Å². The van der Waals surface area contributed by atoms with E-state index in [-0.39, 0.29) is 0 Å². The van der Waals surface area contributed by atoms with E-state index in [1.165, 1.54) is 28.1 Å². The third kappa shape index (κ3) is 4.18. The van der Waals surface area contributed by atoms with Crippen LogP contribution < -0.4 is 4.90 Å². The molecule has 1 fully saturated rings. The maximum absolute atomic E-state index is 12.9. The molecular weight excluding hydrogens is 345 g/mol. The van der Waals surface area contributed by atoms with E-state index < -0.39 is 11.7 Å². The van der Waals surface area contributed by atoms with Crippen LogP contribution in [0.15, 0.2) is 29.6 Å². The lowest BCUT2D eigenvalue weighted by Gasteiger charge is -2.36. The Hall–Kier alpha value is -1.53. The van der Waals surface area contributed by atoms with Gasteiger partial charge in [-0.1, -0.05) is 13.0 Å². The van der Waals surface area contributed by atoms with Gasteiger partial charge in [-0.2, -0.15) is 13.2 Å². The van der Waals surface area contributed by atoms with Crippen LogP contribution in [-0.2, 0) is 19.1 Å². The molecule has 0 spiro atoms. The van der Waals surface area contributed by atoms with Gasteiger partial charge < -0.3 is 4.90 Å². The predicted molar refractivity (Wildman–Crippen MR) is 97.4 cm³/mol. The Morgan fingerprint density at radius 2 is 1.84 bits per heavy atom. The quantitative estimate of drug-likeness (QED) is 0.753. The molecule has 2 aromatic rings. The molecule has 6 heteroatoms. The molecule has 0 N–H and O–H groups in total. The van der Waals surface area contributed by atoms with E-state index in [0.717, 1.165) is 45.2 Å². The maximum atomic E-state index is 12.9. The highest BCUT2D eigenvalue weighted by atomic mass is 32.1. The van der Waals surface area contributed by atoms with Crippen LogP contribution in [0.3, 0.4) is 0 Å². The number of hydrogen-bond acceptors (Lipinski definition) is 3. The van der Waals surface area contributed by atoms with Crippen molar-refractivity contribution in [3.63, 3.8) is 0 Å². The highest BCUT2D eigenvalue weighted by molar-refractivity contribution is 7.10. The number of alkyl halides is 3. The van der Waals surface area contributed by atoms with E-state index in [1.54, 1.807) is 17.4 Å². The lowest BCUT2D eigenvalue weighted by molar-refractivity contribution is -0.137. The van der Waals surface area contributed by atoms with Crippen molar-refractivity contribution < 1.29 is 13.2 Å². The molecule has 0 radical (unpaired) electrons. The van der Waals surface area contributed by atoms with Crippen LogP contribution in [0.2, 0.25) is 0 Å². The highest BCUT2D eigenvalue weighted by Gasteiger charge is 2.31. The first-order chi connectivity index (χ1) is 11.9. The summed E-state index contributed by atoms with van der Waals surface area (Å²) in [4.78, 5) is 5.83. The number of thiophene rings is 1. The van der Waals surface area contributed by atoms with Crippen molar-refractivity contribution in [2.45, 2.75) is 33.0 Å². The zero-order chi connectivity index (χ0) is 18.0. The minimum absolute atomic E-state index is 0.575. The maximum Gasteiger partial charge on any atom is 0.416 e.